The fraction of sp³-hybridized carbons (Fsp3) is 0.379. The van der Waals surface area contributed by atoms with Gasteiger partial charge in [-0.2, -0.15) is 5.26 Å². The van der Waals surface area contributed by atoms with Gasteiger partial charge in [0.1, 0.15) is 11.9 Å². The predicted octanol–water partition coefficient (Wildman–Crippen LogP) is 2.40. The number of nitriles is 1. The summed E-state index contributed by atoms with van der Waals surface area (Å²) in [4.78, 5) is 20.8. The molecular formula is C29H32N8O2. The van der Waals surface area contributed by atoms with Crippen molar-refractivity contribution >= 4 is 17.1 Å². The highest BCUT2D eigenvalue weighted by Crippen LogP contribution is 2.37. The molecule has 4 aliphatic rings. The Hall–Kier alpha value is -4.20. The molecule has 3 aromatic heterocycles. The second-order valence-electron chi connectivity index (χ2n) is 10.4. The van der Waals surface area contributed by atoms with Gasteiger partial charge in [-0.1, -0.05) is 6.07 Å². The number of hydrogen-bond acceptors (Lipinski definition) is 10. The van der Waals surface area contributed by atoms with E-state index in [1.54, 1.807) is 13.3 Å². The third-order valence-corrected chi connectivity index (χ3v) is 8.04. The van der Waals surface area contributed by atoms with Crippen molar-refractivity contribution in [2.75, 3.05) is 43.1 Å². The summed E-state index contributed by atoms with van der Waals surface area (Å²) in [6.07, 6.45) is 8.37. The van der Waals surface area contributed by atoms with Crippen LogP contribution < -0.4 is 20.3 Å². The van der Waals surface area contributed by atoms with Crippen LogP contribution >= 0.6 is 0 Å². The zero-order valence-corrected chi connectivity index (χ0v) is 21.9. The van der Waals surface area contributed by atoms with Crippen molar-refractivity contribution in [3.8, 4) is 23.1 Å². The Bertz CT molecular complexity index is 1390. The summed E-state index contributed by atoms with van der Waals surface area (Å²) in [6.45, 7) is 4.09. The lowest BCUT2D eigenvalue weighted by Gasteiger charge is -2.56. The van der Waals surface area contributed by atoms with Crippen LogP contribution in [-0.2, 0) is 6.54 Å². The van der Waals surface area contributed by atoms with Crippen molar-refractivity contribution in [1.29, 1.82) is 5.26 Å². The zero-order chi connectivity index (χ0) is 26.9. The van der Waals surface area contributed by atoms with Gasteiger partial charge >= 0.3 is 0 Å². The number of rotatable bonds is 7. The van der Waals surface area contributed by atoms with E-state index in [-0.39, 0.29) is 6.10 Å². The van der Waals surface area contributed by atoms with E-state index in [9.17, 15) is 10.4 Å². The van der Waals surface area contributed by atoms with Crippen LogP contribution in [0.1, 0.15) is 24.1 Å². The van der Waals surface area contributed by atoms with Gasteiger partial charge in [0, 0.05) is 80.6 Å². The number of allylic oxidation sites excluding steroid dienone is 1. The number of aliphatic hydroxyl groups excluding tert-OH is 1. The minimum atomic E-state index is -0.341. The monoisotopic (exact) mass is 524 g/mol. The van der Waals surface area contributed by atoms with E-state index < -0.39 is 0 Å². The lowest BCUT2D eigenvalue weighted by Crippen LogP contribution is -2.68. The lowest BCUT2D eigenvalue weighted by atomic mass is 9.87. The molecule has 4 saturated heterocycles. The van der Waals surface area contributed by atoms with Gasteiger partial charge < -0.3 is 25.4 Å². The molecule has 2 bridgehead atoms. The highest BCUT2D eigenvalue weighted by molar-refractivity contribution is 5.86. The van der Waals surface area contributed by atoms with Gasteiger partial charge in [0.05, 0.1) is 36.4 Å². The molecule has 0 radical (unpaired) electrons. The SMILES string of the molecule is COc1ccc(CN2C3CC2CN(c2ccc(-c4cc(N5CCC(O)C5)cnc4C(C#N)=CN)cn2)C3)cn1. The number of nitrogens with zero attached hydrogens (tertiary/aromatic N) is 7. The Morgan fingerprint density at radius 1 is 1.10 bits per heavy atom. The summed E-state index contributed by atoms with van der Waals surface area (Å²) < 4.78 is 5.18. The lowest BCUT2D eigenvalue weighted by molar-refractivity contribution is -0.00876. The molecule has 3 aromatic rings. The molecule has 4 aliphatic heterocycles. The number of pyridine rings is 3. The minimum Gasteiger partial charge on any atom is -0.481 e. The van der Waals surface area contributed by atoms with Crippen molar-refractivity contribution < 1.29 is 9.84 Å². The average Bonchev–Trinajstić information content (AvgIpc) is 3.43. The van der Waals surface area contributed by atoms with E-state index in [2.05, 4.69) is 36.8 Å². The molecule has 0 saturated carbocycles. The molecule has 0 spiro atoms. The molecule has 0 aromatic carbocycles. The quantitative estimate of drug-likeness (QED) is 0.445. The Kier molecular flexibility index (Phi) is 6.77. The number of hydrogen-bond donors (Lipinski definition) is 2. The average molecular weight is 525 g/mol. The maximum Gasteiger partial charge on any atom is 0.212 e. The van der Waals surface area contributed by atoms with E-state index in [0.717, 1.165) is 55.2 Å². The summed E-state index contributed by atoms with van der Waals surface area (Å²) in [5, 5.41) is 19.6. The number of ether oxygens (including phenoxy) is 1. The normalized spacial score (nSPS) is 22.9. The predicted molar refractivity (Wildman–Crippen MR) is 149 cm³/mol. The van der Waals surface area contributed by atoms with E-state index in [1.807, 2.05) is 36.7 Å². The molecule has 4 fully saturated rings. The third-order valence-electron chi connectivity index (χ3n) is 8.04. The third kappa shape index (κ3) is 4.87. The van der Waals surface area contributed by atoms with Gasteiger partial charge in [0.15, 0.2) is 0 Å². The van der Waals surface area contributed by atoms with Crippen LogP contribution in [0, 0.1) is 11.3 Å². The van der Waals surface area contributed by atoms with Gasteiger partial charge in [0.25, 0.3) is 0 Å². The summed E-state index contributed by atoms with van der Waals surface area (Å²) >= 11 is 0. The van der Waals surface area contributed by atoms with Crippen LogP contribution in [0.3, 0.4) is 0 Å². The molecule has 3 unspecified atom stereocenters. The maximum atomic E-state index is 10.00. The number of aromatic nitrogens is 3. The first-order valence-corrected chi connectivity index (χ1v) is 13.3. The molecule has 7 heterocycles. The second kappa shape index (κ2) is 10.5. The zero-order valence-electron chi connectivity index (χ0n) is 21.9. The Labute approximate surface area is 228 Å². The van der Waals surface area contributed by atoms with Crippen molar-refractivity contribution in [1.82, 2.24) is 19.9 Å². The molecule has 3 atom stereocenters. The van der Waals surface area contributed by atoms with Crippen LogP contribution in [0.5, 0.6) is 5.88 Å². The molecule has 200 valence electrons. The Morgan fingerprint density at radius 3 is 2.56 bits per heavy atom. The van der Waals surface area contributed by atoms with Gasteiger partial charge in [-0.15, -0.1) is 0 Å². The topological polar surface area (TPSA) is 128 Å². The van der Waals surface area contributed by atoms with Crippen molar-refractivity contribution in [2.45, 2.75) is 37.6 Å². The Balaban J connectivity index is 1.19. The fourth-order valence-corrected chi connectivity index (χ4v) is 5.91. The smallest absolute Gasteiger partial charge is 0.212 e. The van der Waals surface area contributed by atoms with E-state index in [1.165, 1.54) is 18.2 Å². The molecular weight excluding hydrogens is 492 g/mol. The molecule has 0 aliphatic carbocycles. The van der Waals surface area contributed by atoms with Crippen LogP contribution in [0.4, 0.5) is 11.5 Å². The second-order valence-corrected chi connectivity index (χ2v) is 10.4. The number of piperazine rings is 1. The summed E-state index contributed by atoms with van der Waals surface area (Å²) in [7, 11) is 1.63. The highest BCUT2D eigenvalue weighted by Gasteiger charge is 2.44. The fourth-order valence-electron chi connectivity index (χ4n) is 5.91. The van der Waals surface area contributed by atoms with Crippen LogP contribution in [0.15, 0.2) is 55.1 Å². The number of nitrogens with two attached hydrogens (primary N) is 1. The van der Waals surface area contributed by atoms with Crippen molar-refractivity contribution in [3.05, 3.63) is 66.4 Å². The number of aliphatic hydroxyl groups is 1. The molecule has 7 rings (SSSR count). The number of anilines is 2. The number of β-amino-alcohol motifs (C(OH)–C–C–N with tert-alkyl or cyclic N) is 1. The molecule has 10 nitrogen and oxygen atoms in total. The van der Waals surface area contributed by atoms with E-state index >= 15 is 0 Å². The van der Waals surface area contributed by atoms with Gasteiger partial charge in [-0.25, -0.2) is 9.97 Å². The minimum absolute atomic E-state index is 0.311. The van der Waals surface area contributed by atoms with Crippen molar-refractivity contribution in [3.63, 3.8) is 0 Å². The number of fused-ring (bicyclic) bond motifs is 2. The molecule has 3 N–H and O–H groups in total. The molecule has 0 amide bonds. The number of methoxy groups -OCH3 is 1. The van der Waals surface area contributed by atoms with Crippen LogP contribution in [0.2, 0.25) is 0 Å². The largest absolute Gasteiger partial charge is 0.481 e. The van der Waals surface area contributed by atoms with Gasteiger partial charge in [-0.3, -0.25) is 9.88 Å². The van der Waals surface area contributed by atoms with Crippen molar-refractivity contribution in [2.24, 2.45) is 5.73 Å². The first kappa shape index (κ1) is 25.1. The summed E-state index contributed by atoms with van der Waals surface area (Å²) in [5.41, 5.74) is 10.4. The Morgan fingerprint density at radius 2 is 1.95 bits per heavy atom. The van der Waals surface area contributed by atoms with Crippen LogP contribution in [-0.4, -0.2) is 76.4 Å². The molecule has 10 heteroatoms. The van der Waals surface area contributed by atoms with E-state index in [4.69, 9.17) is 15.5 Å². The standard InChI is InChI=1S/C29H32N8O2/c1-39-28-5-2-19(12-33-28)15-37-23-8-24(37)17-36(16-23)27-4-3-20(13-32-27)26-9-22(35-7-6-25(38)18-35)14-34-29(26)21(10-30)11-31/h2-5,9-10,12-14,23-25,38H,6-8,15-18,30H2,1H3. The first-order valence-electron chi connectivity index (χ1n) is 13.3. The highest BCUT2D eigenvalue weighted by atomic mass is 16.5. The van der Waals surface area contributed by atoms with E-state index in [0.29, 0.717) is 35.8 Å². The summed E-state index contributed by atoms with van der Waals surface area (Å²) in [6, 6.07) is 13.2. The van der Waals surface area contributed by atoms with Gasteiger partial charge in [-0.05, 0) is 36.6 Å². The number of piperidine rings is 1. The maximum absolute atomic E-state index is 10.00. The first-order chi connectivity index (χ1) is 19.1. The molecule has 39 heavy (non-hydrogen) atoms. The van der Waals surface area contributed by atoms with Gasteiger partial charge in [0.2, 0.25) is 5.88 Å². The van der Waals surface area contributed by atoms with Crippen LogP contribution in [0.25, 0.3) is 16.7 Å². The summed E-state index contributed by atoms with van der Waals surface area (Å²) in [5.74, 6) is 1.58.